The van der Waals surface area contributed by atoms with Crippen molar-refractivity contribution in [2.24, 2.45) is 0 Å². The number of rotatable bonds is 16. The van der Waals surface area contributed by atoms with Crippen LogP contribution in [0, 0.1) is 11.6 Å². The SMILES string of the molecule is CCOCCOCCCCCN(Cc1cncnc1)C(=O)N[C@H]1CCC[C@@H](Nc2nc(-c3c[nH]c4ncc(F)cc34)ncc2F)C1. The Bertz CT molecular complexity index is 1540. The number of hydrogen-bond acceptors (Lipinski definition) is 9. The van der Waals surface area contributed by atoms with Crippen molar-refractivity contribution in [3.63, 3.8) is 0 Å². The minimum absolute atomic E-state index is 0.0632. The fourth-order valence-corrected chi connectivity index (χ4v) is 5.60. The number of amides is 2. The van der Waals surface area contributed by atoms with Gasteiger partial charge in [-0.15, -0.1) is 0 Å². The van der Waals surface area contributed by atoms with Crippen molar-refractivity contribution >= 4 is 22.9 Å². The van der Waals surface area contributed by atoms with Crippen LogP contribution in [-0.4, -0.2) is 85.9 Å². The second-order valence-corrected chi connectivity index (χ2v) is 11.3. The van der Waals surface area contributed by atoms with E-state index in [0.29, 0.717) is 62.5 Å². The molecule has 3 N–H and O–H groups in total. The number of nitrogens with one attached hydrogen (secondary N) is 3. The number of carbonyl (C=O) groups excluding carboxylic acids is 1. The first-order valence-corrected chi connectivity index (χ1v) is 15.9. The zero-order valence-electron chi connectivity index (χ0n) is 26.1. The van der Waals surface area contributed by atoms with E-state index in [1.807, 2.05) is 6.92 Å². The number of anilines is 1. The summed E-state index contributed by atoms with van der Waals surface area (Å²) < 4.78 is 39.6. The summed E-state index contributed by atoms with van der Waals surface area (Å²) in [5.74, 6) is -0.762. The molecule has 5 rings (SSSR count). The Morgan fingerprint density at radius 1 is 1.02 bits per heavy atom. The molecule has 4 heterocycles. The highest BCUT2D eigenvalue weighted by atomic mass is 19.1. The Morgan fingerprint density at radius 2 is 1.85 bits per heavy atom. The van der Waals surface area contributed by atoms with Crippen molar-refractivity contribution < 1.29 is 23.0 Å². The maximum absolute atomic E-state index is 14.9. The Hall–Kier alpha value is -4.30. The standard InChI is InChI=1S/C32H41F2N9O3/c1-2-45-11-12-46-10-5-3-4-9-43(20-22-15-35-21-36-16-22)32(44)41-25-8-6-7-24(14-25)40-31-28(34)19-39-30(42-31)27-18-38-29-26(27)13-23(33)17-37-29/h13,15-19,21,24-25H,2-12,14,20H2,1H3,(H,37,38)(H,41,44)(H,39,40,42)/t24-,25+/m1/s1. The summed E-state index contributed by atoms with van der Waals surface area (Å²) in [6.07, 6.45) is 14.5. The monoisotopic (exact) mass is 637 g/mol. The van der Waals surface area contributed by atoms with Gasteiger partial charge in [0.15, 0.2) is 17.5 Å². The van der Waals surface area contributed by atoms with Crippen LogP contribution in [-0.2, 0) is 16.0 Å². The number of nitrogens with zero attached hydrogens (tertiary/aromatic N) is 6. The molecular formula is C32H41F2N9O3. The molecule has 0 aliphatic heterocycles. The fourth-order valence-electron chi connectivity index (χ4n) is 5.60. The molecule has 4 aromatic heterocycles. The first kappa shape index (κ1) is 33.1. The van der Waals surface area contributed by atoms with Crippen molar-refractivity contribution in [1.82, 2.24) is 40.1 Å². The third kappa shape index (κ3) is 9.36. The summed E-state index contributed by atoms with van der Waals surface area (Å²) in [7, 11) is 0. The lowest BCUT2D eigenvalue weighted by Crippen LogP contribution is -2.48. The number of carbonyl (C=O) groups is 1. The van der Waals surface area contributed by atoms with Crippen LogP contribution in [0.4, 0.5) is 19.4 Å². The van der Waals surface area contributed by atoms with Crippen LogP contribution >= 0.6 is 0 Å². The minimum Gasteiger partial charge on any atom is -0.379 e. The van der Waals surface area contributed by atoms with E-state index in [0.717, 1.165) is 56.5 Å². The zero-order valence-corrected chi connectivity index (χ0v) is 26.1. The number of hydrogen-bond donors (Lipinski definition) is 3. The Labute approximate surface area is 266 Å². The second-order valence-electron chi connectivity index (χ2n) is 11.3. The molecule has 0 unspecified atom stereocenters. The third-order valence-electron chi connectivity index (χ3n) is 7.89. The molecule has 1 aliphatic rings. The van der Waals surface area contributed by atoms with Gasteiger partial charge in [-0.2, -0.15) is 0 Å². The van der Waals surface area contributed by atoms with Crippen molar-refractivity contribution in [2.45, 2.75) is 70.5 Å². The Balaban J connectivity index is 1.16. The molecule has 0 radical (unpaired) electrons. The number of urea groups is 1. The summed E-state index contributed by atoms with van der Waals surface area (Å²) in [4.78, 5) is 39.1. The van der Waals surface area contributed by atoms with Crippen LogP contribution in [0.3, 0.4) is 0 Å². The quantitative estimate of drug-likeness (QED) is 0.140. The molecule has 246 valence electrons. The number of unbranched alkanes of at least 4 members (excludes halogenated alkanes) is 2. The molecule has 4 aromatic rings. The molecule has 1 aliphatic carbocycles. The van der Waals surface area contributed by atoms with Crippen molar-refractivity contribution in [3.05, 3.63) is 60.6 Å². The average molecular weight is 638 g/mol. The average Bonchev–Trinajstić information content (AvgIpc) is 3.48. The molecule has 12 nitrogen and oxygen atoms in total. The first-order valence-electron chi connectivity index (χ1n) is 15.9. The van der Waals surface area contributed by atoms with E-state index in [-0.39, 0.29) is 29.8 Å². The molecule has 0 aromatic carbocycles. The number of H-pyrrole nitrogens is 1. The highest BCUT2D eigenvalue weighted by molar-refractivity contribution is 5.91. The first-order chi connectivity index (χ1) is 22.5. The van der Waals surface area contributed by atoms with Crippen LogP contribution in [0.25, 0.3) is 22.4 Å². The zero-order chi connectivity index (χ0) is 32.1. The maximum atomic E-state index is 14.9. The molecule has 0 spiro atoms. The van der Waals surface area contributed by atoms with Gasteiger partial charge in [0.1, 0.15) is 17.8 Å². The van der Waals surface area contributed by atoms with Crippen LogP contribution in [0.15, 0.2) is 43.4 Å². The Kier molecular flexibility index (Phi) is 12.1. The third-order valence-corrected chi connectivity index (χ3v) is 7.89. The fraction of sp³-hybridized carbons (Fsp3) is 0.500. The van der Waals surface area contributed by atoms with E-state index in [2.05, 4.69) is 40.5 Å². The van der Waals surface area contributed by atoms with Gasteiger partial charge < -0.3 is 30.0 Å². The van der Waals surface area contributed by atoms with Crippen molar-refractivity contribution in [2.75, 3.05) is 38.3 Å². The molecule has 0 saturated heterocycles. The predicted octanol–water partition coefficient (Wildman–Crippen LogP) is 5.25. The number of pyridine rings is 1. The molecule has 14 heteroatoms. The number of fused-ring (bicyclic) bond motifs is 1. The minimum atomic E-state index is -0.588. The maximum Gasteiger partial charge on any atom is 0.317 e. The smallest absolute Gasteiger partial charge is 0.317 e. The Morgan fingerprint density at radius 3 is 2.70 bits per heavy atom. The van der Waals surface area contributed by atoms with Crippen molar-refractivity contribution in [3.8, 4) is 11.4 Å². The summed E-state index contributed by atoms with van der Waals surface area (Å²) in [6.45, 7) is 5.46. The topological polar surface area (TPSA) is 143 Å². The van der Waals surface area contributed by atoms with Gasteiger partial charge in [-0.25, -0.2) is 38.5 Å². The van der Waals surface area contributed by atoms with Crippen molar-refractivity contribution in [1.29, 1.82) is 0 Å². The van der Waals surface area contributed by atoms with E-state index >= 15 is 0 Å². The van der Waals surface area contributed by atoms with Gasteiger partial charge in [0.2, 0.25) is 0 Å². The van der Waals surface area contributed by atoms with E-state index in [1.54, 1.807) is 23.5 Å². The van der Waals surface area contributed by atoms with Crippen LogP contribution in [0.2, 0.25) is 0 Å². The van der Waals surface area contributed by atoms with Gasteiger partial charge in [0.05, 0.1) is 32.2 Å². The molecule has 0 bridgehead atoms. The van der Waals surface area contributed by atoms with E-state index in [9.17, 15) is 13.6 Å². The van der Waals surface area contributed by atoms with Gasteiger partial charge in [-0.3, -0.25) is 0 Å². The van der Waals surface area contributed by atoms with Gasteiger partial charge in [-0.05, 0) is 57.9 Å². The molecular weight excluding hydrogens is 596 g/mol. The molecule has 46 heavy (non-hydrogen) atoms. The number of aromatic amines is 1. The molecule has 1 fully saturated rings. The van der Waals surface area contributed by atoms with Crippen LogP contribution < -0.4 is 10.6 Å². The lowest BCUT2D eigenvalue weighted by Gasteiger charge is -2.33. The highest BCUT2D eigenvalue weighted by Gasteiger charge is 2.26. The number of aromatic nitrogens is 6. The largest absolute Gasteiger partial charge is 0.379 e. The summed E-state index contributed by atoms with van der Waals surface area (Å²) in [5, 5.41) is 6.94. The van der Waals surface area contributed by atoms with Crippen LogP contribution in [0.1, 0.15) is 57.4 Å². The molecule has 2 amide bonds. The van der Waals surface area contributed by atoms with E-state index < -0.39 is 11.6 Å². The number of ether oxygens (including phenoxy) is 2. The van der Waals surface area contributed by atoms with Gasteiger partial charge in [-0.1, -0.05) is 0 Å². The summed E-state index contributed by atoms with van der Waals surface area (Å²) >= 11 is 0. The molecule has 1 saturated carbocycles. The highest BCUT2D eigenvalue weighted by Crippen LogP contribution is 2.28. The van der Waals surface area contributed by atoms with Gasteiger partial charge in [0.25, 0.3) is 0 Å². The van der Waals surface area contributed by atoms with Gasteiger partial charge in [0, 0.05) is 66.9 Å². The molecule has 2 atom stereocenters. The number of halogens is 2. The summed E-state index contributed by atoms with van der Waals surface area (Å²) in [6, 6.07) is 0.977. The van der Waals surface area contributed by atoms with E-state index in [4.69, 9.17) is 9.47 Å². The predicted molar refractivity (Wildman–Crippen MR) is 169 cm³/mol. The lowest BCUT2D eigenvalue weighted by molar-refractivity contribution is 0.0511. The lowest BCUT2D eigenvalue weighted by atomic mass is 9.91. The van der Waals surface area contributed by atoms with Gasteiger partial charge >= 0.3 is 6.03 Å². The van der Waals surface area contributed by atoms with Crippen LogP contribution in [0.5, 0.6) is 0 Å². The summed E-state index contributed by atoms with van der Waals surface area (Å²) in [5.41, 5.74) is 1.86. The normalized spacial score (nSPS) is 16.4. The van der Waals surface area contributed by atoms with E-state index in [1.165, 1.54) is 12.4 Å². The second kappa shape index (κ2) is 16.9.